The standard InChI is InChI=1S/C14H24N4O4/c1-8(2)6-14(5)11(20)18(13(22)17-14)7-10(19)16-12(21)15-9(3)4/h8-9H,6-7H2,1-5H3,(H,17,22)(H2,15,16,19,21)/t14-/m1/s1. The molecular formula is C14H24N4O4. The van der Waals surface area contributed by atoms with Gasteiger partial charge in [0.05, 0.1) is 0 Å². The van der Waals surface area contributed by atoms with Crippen LogP contribution < -0.4 is 16.0 Å². The molecular weight excluding hydrogens is 288 g/mol. The van der Waals surface area contributed by atoms with Crippen molar-refractivity contribution in [1.29, 1.82) is 0 Å². The molecule has 0 aromatic rings. The number of urea groups is 2. The van der Waals surface area contributed by atoms with Gasteiger partial charge in [-0.1, -0.05) is 13.8 Å². The number of hydrogen-bond donors (Lipinski definition) is 3. The van der Waals surface area contributed by atoms with Crippen LogP contribution in [0.3, 0.4) is 0 Å². The summed E-state index contributed by atoms with van der Waals surface area (Å²) < 4.78 is 0. The van der Waals surface area contributed by atoms with Crippen LogP contribution in [0.4, 0.5) is 9.59 Å². The molecule has 8 heteroatoms. The summed E-state index contributed by atoms with van der Waals surface area (Å²) in [6.07, 6.45) is 0.476. The summed E-state index contributed by atoms with van der Waals surface area (Å²) >= 11 is 0. The van der Waals surface area contributed by atoms with E-state index < -0.39 is 36.0 Å². The number of imide groups is 2. The third kappa shape index (κ3) is 4.44. The van der Waals surface area contributed by atoms with E-state index in [4.69, 9.17) is 0 Å². The highest BCUT2D eigenvalue weighted by atomic mass is 16.2. The number of rotatable bonds is 5. The molecule has 1 fully saturated rings. The van der Waals surface area contributed by atoms with Gasteiger partial charge in [0.1, 0.15) is 12.1 Å². The molecule has 1 saturated heterocycles. The zero-order valence-electron chi connectivity index (χ0n) is 13.6. The van der Waals surface area contributed by atoms with E-state index in [0.717, 1.165) is 4.90 Å². The molecule has 0 radical (unpaired) electrons. The molecule has 6 amide bonds. The van der Waals surface area contributed by atoms with Crippen LogP contribution in [0.2, 0.25) is 0 Å². The van der Waals surface area contributed by atoms with Crippen LogP contribution in [0, 0.1) is 5.92 Å². The quantitative estimate of drug-likeness (QED) is 0.645. The fourth-order valence-corrected chi connectivity index (χ4v) is 2.45. The summed E-state index contributed by atoms with van der Waals surface area (Å²) in [4.78, 5) is 48.3. The highest BCUT2D eigenvalue weighted by Gasteiger charge is 2.48. The lowest BCUT2D eigenvalue weighted by Gasteiger charge is -2.23. The van der Waals surface area contributed by atoms with Crippen molar-refractivity contribution in [3.8, 4) is 0 Å². The van der Waals surface area contributed by atoms with Gasteiger partial charge in [-0.15, -0.1) is 0 Å². The van der Waals surface area contributed by atoms with Crippen molar-refractivity contribution in [3.05, 3.63) is 0 Å². The van der Waals surface area contributed by atoms with E-state index in [9.17, 15) is 19.2 Å². The Morgan fingerprint density at radius 1 is 1.23 bits per heavy atom. The first-order valence-corrected chi connectivity index (χ1v) is 7.29. The topological polar surface area (TPSA) is 108 Å². The molecule has 22 heavy (non-hydrogen) atoms. The minimum Gasteiger partial charge on any atom is -0.336 e. The molecule has 0 bridgehead atoms. The average molecular weight is 312 g/mol. The SMILES string of the molecule is CC(C)C[C@@]1(C)NC(=O)N(CC(=O)NC(=O)NC(C)C)C1=O. The number of nitrogens with one attached hydrogen (secondary N) is 3. The Morgan fingerprint density at radius 3 is 2.32 bits per heavy atom. The Balaban J connectivity index is 2.66. The van der Waals surface area contributed by atoms with E-state index in [1.165, 1.54) is 0 Å². The van der Waals surface area contributed by atoms with Crippen molar-refractivity contribution < 1.29 is 19.2 Å². The van der Waals surface area contributed by atoms with Gasteiger partial charge in [-0.25, -0.2) is 9.59 Å². The predicted octanol–water partition coefficient (Wildman–Crippen LogP) is 0.577. The number of nitrogens with zero attached hydrogens (tertiary/aromatic N) is 1. The van der Waals surface area contributed by atoms with Crippen molar-refractivity contribution in [1.82, 2.24) is 20.9 Å². The van der Waals surface area contributed by atoms with Crippen LogP contribution in [0.25, 0.3) is 0 Å². The number of hydrogen-bond acceptors (Lipinski definition) is 4. The fourth-order valence-electron chi connectivity index (χ4n) is 2.45. The van der Waals surface area contributed by atoms with Crippen LogP contribution in [0.15, 0.2) is 0 Å². The fraction of sp³-hybridized carbons (Fsp3) is 0.714. The van der Waals surface area contributed by atoms with Crippen LogP contribution in [-0.2, 0) is 9.59 Å². The highest BCUT2D eigenvalue weighted by Crippen LogP contribution is 2.24. The Kier molecular flexibility index (Phi) is 5.51. The zero-order valence-corrected chi connectivity index (χ0v) is 13.6. The average Bonchev–Trinajstić information content (AvgIpc) is 2.50. The van der Waals surface area contributed by atoms with Crippen molar-refractivity contribution in [2.45, 2.75) is 52.6 Å². The zero-order chi connectivity index (χ0) is 17.1. The lowest BCUT2D eigenvalue weighted by Crippen LogP contribution is -2.48. The lowest BCUT2D eigenvalue weighted by molar-refractivity contribution is -0.134. The van der Waals surface area contributed by atoms with Gasteiger partial charge < -0.3 is 10.6 Å². The molecule has 0 unspecified atom stereocenters. The normalized spacial score (nSPS) is 21.3. The maximum Gasteiger partial charge on any atom is 0.325 e. The minimum absolute atomic E-state index is 0.126. The van der Waals surface area contributed by atoms with Crippen LogP contribution >= 0.6 is 0 Å². The second-order valence-corrected chi connectivity index (χ2v) is 6.43. The van der Waals surface area contributed by atoms with Gasteiger partial charge in [-0.05, 0) is 33.1 Å². The molecule has 8 nitrogen and oxygen atoms in total. The molecule has 1 rings (SSSR count). The maximum atomic E-state index is 12.3. The summed E-state index contributed by atoms with van der Waals surface area (Å²) in [6, 6.07) is -1.40. The Hall–Kier alpha value is -2.12. The third-order valence-corrected chi connectivity index (χ3v) is 3.14. The van der Waals surface area contributed by atoms with Crippen molar-refractivity contribution >= 4 is 23.9 Å². The van der Waals surface area contributed by atoms with Gasteiger partial charge in [0.25, 0.3) is 5.91 Å². The van der Waals surface area contributed by atoms with Gasteiger partial charge in [0, 0.05) is 6.04 Å². The number of carbonyl (C=O) groups is 4. The minimum atomic E-state index is -1.01. The summed E-state index contributed by atoms with van der Waals surface area (Å²) in [5, 5.41) is 7.18. The van der Waals surface area contributed by atoms with E-state index in [0.29, 0.717) is 6.42 Å². The summed E-state index contributed by atoms with van der Waals surface area (Å²) in [6.45, 7) is 8.53. The van der Waals surface area contributed by atoms with Gasteiger partial charge in [-0.2, -0.15) is 0 Å². The maximum absolute atomic E-state index is 12.3. The number of carbonyl (C=O) groups excluding carboxylic acids is 4. The third-order valence-electron chi connectivity index (χ3n) is 3.14. The Morgan fingerprint density at radius 2 is 1.82 bits per heavy atom. The summed E-state index contributed by atoms with van der Waals surface area (Å²) in [7, 11) is 0. The van der Waals surface area contributed by atoms with E-state index in [-0.39, 0.29) is 12.0 Å². The molecule has 124 valence electrons. The lowest BCUT2D eigenvalue weighted by atomic mass is 9.91. The molecule has 0 saturated carbocycles. The smallest absolute Gasteiger partial charge is 0.325 e. The summed E-state index contributed by atoms with van der Waals surface area (Å²) in [5.74, 6) is -0.957. The molecule has 0 aliphatic carbocycles. The van der Waals surface area contributed by atoms with Crippen molar-refractivity contribution in [3.63, 3.8) is 0 Å². The molecule has 1 atom stereocenters. The van der Waals surface area contributed by atoms with Gasteiger partial charge in [-0.3, -0.25) is 19.8 Å². The Bertz CT molecular complexity index is 489. The molecule has 3 N–H and O–H groups in total. The largest absolute Gasteiger partial charge is 0.336 e. The first-order valence-electron chi connectivity index (χ1n) is 7.29. The Labute approximate surface area is 130 Å². The first-order chi connectivity index (χ1) is 10.0. The number of amides is 6. The predicted molar refractivity (Wildman–Crippen MR) is 79.9 cm³/mol. The van der Waals surface area contributed by atoms with Crippen LogP contribution in [-0.4, -0.2) is 46.9 Å². The van der Waals surface area contributed by atoms with E-state index in [1.54, 1.807) is 20.8 Å². The van der Waals surface area contributed by atoms with Crippen molar-refractivity contribution in [2.75, 3.05) is 6.54 Å². The first kappa shape index (κ1) is 17.9. The van der Waals surface area contributed by atoms with E-state index in [1.807, 2.05) is 13.8 Å². The van der Waals surface area contributed by atoms with Crippen LogP contribution in [0.1, 0.15) is 41.0 Å². The molecule has 0 aromatic heterocycles. The molecule has 0 spiro atoms. The monoisotopic (exact) mass is 312 g/mol. The molecule has 1 aliphatic heterocycles. The van der Waals surface area contributed by atoms with Crippen LogP contribution in [0.5, 0.6) is 0 Å². The molecule has 1 aliphatic rings. The summed E-state index contributed by atoms with van der Waals surface area (Å²) in [5.41, 5.74) is -1.01. The van der Waals surface area contributed by atoms with Crippen molar-refractivity contribution in [2.24, 2.45) is 5.92 Å². The molecule has 0 aromatic carbocycles. The second-order valence-electron chi connectivity index (χ2n) is 6.43. The second kappa shape index (κ2) is 6.76. The van der Waals surface area contributed by atoms with Gasteiger partial charge in [0.15, 0.2) is 0 Å². The highest BCUT2D eigenvalue weighted by molar-refractivity contribution is 6.09. The van der Waals surface area contributed by atoms with E-state index >= 15 is 0 Å². The van der Waals surface area contributed by atoms with E-state index in [2.05, 4.69) is 16.0 Å². The van der Waals surface area contributed by atoms with Gasteiger partial charge >= 0.3 is 12.1 Å². The van der Waals surface area contributed by atoms with Gasteiger partial charge in [0.2, 0.25) is 5.91 Å². The molecule has 1 heterocycles.